The highest BCUT2D eigenvalue weighted by Crippen LogP contribution is 2.21. The van der Waals surface area contributed by atoms with Crippen LogP contribution in [0, 0.1) is 0 Å². The molecule has 4 rings (SSSR count). The van der Waals surface area contributed by atoms with Crippen LogP contribution in [-0.2, 0) is 0 Å². The van der Waals surface area contributed by atoms with E-state index >= 15 is 0 Å². The summed E-state index contributed by atoms with van der Waals surface area (Å²) < 4.78 is 0. The monoisotopic (exact) mass is 393 g/mol. The molecular weight excluding hydrogens is 362 g/mol. The summed E-state index contributed by atoms with van der Waals surface area (Å²) in [4.78, 5) is 24.4. The Balaban J connectivity index is 1.42. The summed E-state index contributed by atoms with van der Waals surface area (Å²) >= 11 is 0. The molecule has 2 fully saturated rings. The van der Waals surface area contributed by atoms with Crippen LogP contribution in [0.25, 0.3) is 0 Å². The van der Waals surface area contributed by atoms with Crippen LogP contribution in [0.2, 0.25) is 0 Å². The van der Waals surface area contributed by atoms with Gasteiger partial charge in [-0.15, -0.1) is 0 Å². The Morgan fingerprint density at radius 2 is 1.83 bits per heavy atom. The maximum Gasteiger partial charge on any atom is 0.272 e. The van der Waals surface area contributed by atoms with Gasteiger partial charge in [0, 0.05) is 51.9 Å². The summed E-state index contributed by atoms with van der Waals surface area (Å²) in [6.45, 7) is 9.44. The third-order valence-electron chi connectivity index (χ3n) is 5.85. The Labute approximate surface area is 173 Å². The second kappa shape index (κ2) is 9.37. The molecule has 6 heteroatoms. The van der Waals surface area contributed by atoms with E-state index in [9.17, 15) is 4.79 Å². The van der Waals surface area contributed by atoms with Crippen LogP contribution in [0.1, 0.15) is 35.4 Å². The normalized spacial score (nSPS) is 20.7. The number of piperazine rings is 2. The van der Waals surface area contributed by atoms with Crippen molar-refractivity contribution in [2.45, 2.75) is 19.4 Å². The Bertz CT molecular complexity index is 804. The lowest BCUT2D eigenvalue weighted by Gasteiger charge is -2.36. The van der Waals surface area contributed by atoms with Crippen molar-refractivity contribution >= 4 is 11.7 Å². The predicted molar refractivity (Wildman–Crippen MR) is 116 cm³/mol. The highest BCUT2D eigenvalue weighted by Gasteiger charge is 2.25. The van der Waals surface area contributed by atoms with Gasteiger partial charge in [0.05, 0.1) is 0 Å². The van der Waals surface area contributed by atoms with Crippen LogP contribution in [0.4, 0.5) is 5.82 Å². The number of anilines is 1. The van der Waals surface area contributed by atoms with Crippen LogP contribution < -0.4 is 10.2 Å². The highest BCUT2D eigenvalue weighted by molar-refractivity contribution is 5.92. The number of nitrogens with zero attached hydrogens (tertiary/aromatic N) is 4. The molecule has 2 aliphatic heterocycles. The Hall–Kier alpha value is -2.44. The number of benzene rings is 1. The van der Waals surface area contributed by atoms with E-state index in [4.69, 9.17) is 4.98 Å². The van der Waals surface area contributed by atoms with Crippen molar-refractivity contribution in [2.75, 3.05) is 57.3 Å². The van der Waals surface area contributed by atoms with Gasteiger partial charge < -0.3 is 15.1 Å². The number of carbonyl (C=O) groups is 1. The largest absolute Gasteiger partial charge is 0.353 e. The smallest absolute Gasteiger partial charge is 0.272 e. The lowest BCUT2D eigenvalue weighted by molar-refractivity contribution is 0.0632. The van der Waals surface area contributed by atoms with Crippen molar-refractivity contribution in [3.63, 3.8) is 0 Å². The Kier molecular flexibility index (Phi) is 6.42. The van der Waals surface area contributed by atoms with E-state index in [1.807, 2.05) is 29.2 Å². The first-order valence-corrected chi connectivity index (χ1v) is 10.8. The maximum absolute atomic E-state index is 13.0. The number of nitrogens with one attached hydrogen (secondary N) is 1. The van der Waals surface area contributed by atoms with Gasteiger partial charge in [0.25, 0.3) is 5.91 Å². The lowest BCUT2D eigenvalue weighted by atomic mass is 10.0. The standard InChI is InChI=1S/C23H31N5O/c1-2-12-26-14-16-27(17-15-26)23(29)20-9-6-10-22(25-20)28-13-11-24-21(18-28)19-7-4-3-5-8-19/h3-10,21,24H,2,11-18H2,1H3. The van der Waals surface area contributed by atoms with Gasteiger partial charge in [-0.1, -0.05) is 43.3 Å². The Morgan fingerprint density at radius 1 is 1.03 bits per heavy atom. The maximum atomic E-state index is 13.0. The summed E-state index contributed by atoms with van der Waals surface area (Å²) in [5.41, 5.74) is 1.84. The molecule has 6 nitrogen and oxygen atoms in total. The van der Waals surface area contributed by atoms with E-state index in [2.05, 4.69) is 46.3 Å². The minimum atomic E-state index is 0.0535. The van der Waals surface area contributed by atoms with Gasteiger partial charge >= 0.3 is 0 Å². The molecule has 154 valence electrons. The number of pyridine rings is 1. The fourth-order valence-corrected chi connectivity index (χ4v) is 4.24. The SMILES string of the molecule is CCCN1CCN(C(=O)c2cccc(N3CCNC(c4ccccc4)C3)n2)CC1. The summed E-state index contributed by atoms with van der Waals surface area (Å²) in [6.07, 6.45) is 1.16. The van der Waals surface area contributed by atoms with E-state index in [1.54, 1.807) is 0 Å². The molecule has 0 aliphatic carbocycles. The van der Waals surface area contributed by atoms with Gasteiger partial charge in [-0.05, 0) is 30.7 Å². The van der Waals surface area contributed by atoms with Crippen molar-refractivity contribution in [2.24, 2.45) is 0 Å². The quantitative estimate of drug-likeness (QED) is 0.845. The summed E-state index contributed by atoms with van der Waals surface area (Å²) in [7, 11) is 0. The van der Waals surface area contributed by atoms with Crippen molar-refractivity contribution in [3.8, 4) is 0 Å². The molecule has 2 aliphatic rings. The average Bonchev–Trinajstić information content (AvgIpc) is 2.80. The Morgan fingerprint density at radius 3 is 2.59 bits per heavy atom. The summed E-state index contributed by atoms with van der Waals surface area (Å²) in [5.74, 6) is 0.945. The molecule has 1 aromatic heterocycles. The molecule has 2 saturated heterocycles. The van der Waals surface area contributed by atoms with Crippen LogP contribution in [-0.4, -0.2) is 73.0 Å². The third kappa shape index (κ3) is 4.77. The molecule has 1 unspecified atom stereocenters. The number of carbonyl (C=O) groups excluding carboxylic acids is 1. The fraction of sp³-hybridized carbons (Fsp3) is 0.478. The number of hydrogen-bond donors (Lipinski definition) is 1. The van der Waals surface area contributed by atoms with Crippen molar-refractivity contribution < 1.29 is 4.79 Å². The molecular formula is C23H31N5O. The first-order valence-electron chi connectivity index (χ1n) is 10.8. The second-order valence-corrected chi connectivity index (χ2v) is 7.88. The highest BCUT2D eigenvalue weighted by atomic mass is 16.2. The number of rotatable bonds is 5. The zero-order valence-corrected chi connectivity index (χ0v) is 17.3. The van der Waals surface area contributed by atoms with Crippen molar-refractivity contribution in [1.82, 2.24) is 20.1 Å². The van der Waals surface area contributed by atoms with Gasteiger partial charge in [0.1, 0.15) is 11.5 Å². The van der Waals surface area contributed by atoms with Crippen molar-refractivity contribution in [1.29, 1.82) is 0 Å². The molecule has 1 N–H and O–H groups in total. The molecule has 1 aromatic carbocycles. The van der Waals surface area contributed by atoms with E-state index in [1.165, 1.54) is 5.56 Å². The molecule has 1 amide bonds. The second-order valence-electron chi connectivity index (χ2n) is 7.88. The zero-order valence-electron chi connectivity index (χ0n) is 17.3. The molecule has 0 spiro atoms. The minimum absolute atomic E-state index is 0.0535. The number of amides is 1. The van der Waals surface area contributed by atoms with Crippen LogP contribution in [0.3, 0.4) is 0 Å². The van der Waals surface area contributed by atoms with E-state index in [0.717, 1.165) is 64.6 Å². The van der Waals surface area contributed by atoms with Crippen LogP contribution in [0.15, 0.2) is 48.5 Å². The van der Waals surface area contributed by atoms with Gasteiger partial charge in [-0.2, -0.15) is 0 Å². The van der Waals surface area contributed by atoms with E-state index in [-0.39, 0.29) is 11.9 Å². The first-order chi connectivity index (χ1) is 14.2. The number of aromatic nitrogens is 1. The topological polar surface area (TPSA) is 51.7 Å². The van der Waals surface area contributed by atoms with Gasteiger partial charge in [-0.25, -0.2) is 4.98 Å². The molecule has 29 heavy (non-hydrogen) atoms. The van der Waals surface area contributed by atoms with Gasteiger partial charge in [0.15, 0.2) is 0 Å². The van der Waals surface area contributed by atoms with Crippen molar-refractivity contribution in [3.05, 3.63) is 59.8 Å². The fourth-order valence-electron chi connectivity index (χ4n) is 4.24. The molecule has 0 bridgehead atoms. The van der Waals surface area contributed by atoms with E-state index < -0.39 is 0 Å². The van der Waals surface area contributed by atoms with Crippen LogP contribution in [0.5, 0.6) is 0 Å². The predicted octanol–water partition coefficient (Wildman–Crippen LogP) is 2.40. The molecule has 1 atom stereocenters. The first kappa shape index (κ1) is 19.9. The summed E-state index contributed by atoms with van der Waals surface area (Å²) in [5, 5.41) is 3.59. The molecule has 3 heterocycles. The average molecular weight is 394 g/mol. The lowest BCUT2D eigenvalue weighted by Crippen LogP contribution is -2.49. The molecule has 2 aromatic rings. The van der Waals surface area contributed by atoms with E-state index in [0.29, 0.717) is 5.69 Å². The third-order valence-corrected chi connectivity index (χ3v) is 5.85. The zero-order chi connectivity index (χ0) is 20.1. The van der Waals surface area contributed by atoms with Crippen LogP contribution >= 0.6 is 0 Å². The summed E-state index contributed by atoms with van der Waals surface area (Å²) in [6, 6.07) is 16.6. The van der Waals surface area contributed by atoms with Gasteiger partial charge in [0.2, 0.25) is 0 Å². The molecule has 0 saturated carbocycles. The van der Waals surface area contributed by atoms with Gasteiger partial charge in [-0.3, -0.25) is 9.69 Å². The molecule has 0 radical (unpaired) electrons. The number of hydrogen-bond acceptors (Lipinski definition) is 5. The minimum Gasteiger partial charge on any atom is -0.353 e.